The van der Waals surface area contributed by atoms with Gasteiger partial charge >= 0.3 is 0 Å². The van der Waals surface area contributed by atoms with E-state index in [1.807, 2.05) is 44.6 Å². The van der Waals surface area contributed by atoms with Gasteiger partial charge < -0.3 is 9.30 Å². The molecule has 0 saturated heterocycles. The topological polar surface area (TPSA) is 44.9 Å². The molecule has 21 heavy (non-hydrogen) atoms. The zero-order chi connectivity index (χ0) is 15.0. The summed E-state index contributed by atoms with van der Waals surface area (Å²) in [7, 11) is 3.56. The van der Waals surface area contributed by atoms with Crippen molar-refractivity contribution in [3.05, 3.63) is 42.0 Å². The number of halogens is 1. The fourth-order valence-electron chi connectivity index (χ4n) is 2.51. The fourth-order valence-corrected chi connectivity index (χ4v) is 2.68. The molecular formula is C15H17ClN4O. The molecule has 0 aliphatic rings. The van der Waals surface area contributed by atoms with E-state index in [1.54, 1.807) is 11.8 Å². The minimum Gasteiger partial charge on any atom is -0.494 e. The van der Waals surface area contributed by atoms with Crippen LogP contribution >= 0.6 is 11.6 Å². The number of nitrogens with zero attached hydrogens (tertiary/aromatic N) is 4. The maximum atomic E-state index is 6.30. The minimum absolute atomic E-state index is 0.182. The first kappa shape index (κ1) is 13.9. The third kappa shape index (κ3) is 2.49. The number of imidazole rings is 1. The second-order valence-corrected chi connectivity index (χ2v) is 5.68. The van der Waals surface area contributed by atoms with Crippen LogP contribution in [0.2, 0.25) is 0 Å². The normalized spacial score (nSPS) is 12.8. The minimum atomic E-state index is -0.182. The lowest BCUT2D eigenvalue weighted by Gasteiger charge is -2.09. The number of rotatable bonds is 4. The van der Waals surface area contributed by atoms with Crippen molar-refractivity contribution in [1.29, 1.82) is 0 Å². The second kappa shape index (κ2) is 5.41. The van der Waals surface area contributed by atoms with Crippen LogP contribution in [0.4, 0.5) is 0 Å². The number of aromatic nitrogens is 4. The molecule has 0 aliphatic carbocycles. The molecule has 0 bridgehead atoms. The Balaban J connectivity index is 2.16. The standard InChI is InChI=1S/C15H17ClN4O/c1-10(16)15-18-14-12(5-4-6-13(14)21-3)20(15)9-11-7-17-19(2)8-11/h4-8,10H,9H2,1-3H3. The highest BCUT2D eigenvalue weighted by Crippen LogP contribution is 2.30. The Morgan fingerprint density at radius 3 is 2.81 bits per heavy atom. The molecule has 6 heteroatoms. The molecule has 0 fully saturated rings. The lowest BCUT2D eigenvalue weighted by molar-refractivity contribution is 0.419. The summed E-state index contributed by atoms with van der Waals surface area (Å²) >= 11 is 6.30. The summed E-state index contributed by atoms with van der Waals surface area (Å²) in [5.74, 6) is 1.59. The van der Waals surface area contributed by atoms with Gasteiger partial charge in [-0.05, 0) is 19.1 Å². The Bertz CT molecular complexity index is 775. The maximum absolute atomic E-state index is 6.30. The average molecular weight is 305 g/mol. The number of ether oxygens (including phenoxy) is 1. The Morgan fingerprint density at radius 1 is 1.38 bits per heavy atom. The van der Waals surface area contributed by atoms with E-state index in [2.05, 4.69) is 14.6 Å². The highest BCUT2D eigenvalue weighted by atomic mass is 35.5. The molecule has 3 rings (SSSR count). The SMILES string of the molecule is COc1cccc2c1nc(C(C)Cl)n2Cc1cnn(C)c1. The first-order valence-corrected chi connectivity index (χ1v) is 7.18. The Hall–Kier alpha value is -2.01. The summed E-state index contributed by atoms with van der Waals surface area (Å²) in [5.41, 5.74) is 2.96. The van der Waals surface area contributed by atoms with Gasteiger partial charge in [0.15, 0.2) is 0 Å². The second-order valence-electron chi connectivity index (χ2n) is 5.02. The number of methoxy groups -OCH3 is 1. The number of para-hydroxylation sites is 1. The summed E-state index contributed by atoms with van der Waals surface area (Å²) in [5, 5.41) is 4.03. The van der Waals surface area contributed by atoms with Crippen LogP contribution in [0, 0.1) is 0 Å². The van der Waals surface area contributed by atoms with Gasteiger partial charge in [0.1, 0.15) is 17.1 Å². The van der Waals surface area contributed by atoms with Gasteiger partial charge in [0.2, 0.25) is 0 Å². The van der Waals surface area contributed by atoms with Gasteiger partial charge in [0.05, 0.1) is 30.7 Å². The van der Waals surface area contributed by atoms with E-state index >= 15 is 0 Å². The first-order valence-electron chi connectivity index (χ1n) is 6.75. The summed E-state index contributed by atoms with van der Waals surface area (Å²) in [6.07, 6.45) is 3.85. The molecule has 3 aromatic rings. The lowest BCUT2D eigenvalue weighted by atomic mass is 10.2. The smallest absolute Gasteiger partial charge is 0.146 e. The van der Waals surface area contributed by atoms with Crippen molar-refractivity contribution in [1.82, 2.24) is 19.3 Å². The molecule has 0 saturated carbocycles. The molecular weight excluding hydrogens is 288 g/mol. The average Bonchev–Trinajstić information content (AvgIpc) is 3.03. The van der Waals surface area contributed by atoms with Crippen LogP contribution in [0.25, 0.3) is 11.0 Å². The lowest BCUT2D eigenvalue weighted by Crippen LogP contribution is -2.05. The summed E-state index contributed by atoms with van der Waals surface area (Å²) in [6, 6.07) is 5.90. The van der Waals surface area contributed by atoms with E-state index in [-0.39, 0.29) is 5.38 Å². The molecule has 5 nitrogen and oxygen atoms in total. The van der Waals surface area contributed by atoms with Crippen LogP contribution in [0.3, 0.4) is 0 Å². The monoisotopic (exact) mass is 304 g/mol. The van der Waals surface area contributed by atoms with E-state index in [1.165, 1.54) is 0 Å². The molecule has 1 unspecified atom stereocenters. The van der Waals surface area contributed by atoms with E-state index in [4.69, 9.17) is 16.3 Å². The Morgan fingerprint density at radius 2 is 2.19 bits per heavy atom. The first-order chi connectivity index (χ1) is 10.1. The third-order valence-electron chi connectivity index (χ3n) is 3.45. The number of fused-ring (bicyclic) bond motifs is 1. The summed E-state index contributed by atoms with van der Waals surface area (Å²) < 4.78 is 9.30. The molecule has 0 amide bonds. The van der Waals surface area contributed by atoms with Crippen molar-refractivity contribution in [2.24, 2.45) is 7.05 Å². The van der Waals surface area contributed by atoms with Crippen LogP contribution in [0.15, 0.2) is 30.6 Å². The quantitative estimate of drug-likeness (QED) is 0.696. The van der Waals surface area contributed by atoms with Gasteiger partial charge in [-0.15, -0.1) is 11.6 Å². The number of aryl methyl sites for hydroxylation is 1. The highest BCUT2D eigenvalue weighted by molar-refractivity contribution is 6.20. The number of benzene rings is 1. The van der Waals surface area contributed by atoms with E-state index in [0.29, 0.717) is 6.54 Å². The van der Waals surface area contributed by atoms with Crippen molar-refractivity contribution >= 4 is 22.6 Å². The van der Waals surface area contributed by atoms with Crippen molar-refractivity contribution in [2.75, 3.05) is 7.11 Å². The highest BCUT2D eigenvalue weighted by Gasteiger charge is 2.17. The molecule has 0 N–H and O–H groups in total. The fraction of sp³-hybridized carbons (Fsp3) is 0.333. The molecule has 2 heterocycles. The van der Waals surface area contributed by atoms with Crippen LogP contribution in [-0.2, 0) is 13.6 Å². The van der Waals surface area contributed by atoms with Gasteiger partial charge in [-0.25, -0.2) is 4.98 Å². The van der Waals surface area contributed by atoms with Gasteiger partial charge in [0, 0.05) is 18.8 Å². The molecule has 0 radical (unpaired) electrons. The van der Waals surface area contributed by atoms with Crippen molar-refractivity contribution in [2.45, 2.75) is 18.8 Å². The zero-order valence-corrected chi connectivity index (χ0v) is 13.0. The molecule has 2 aromatic heterocycles. The van der Waals surface area contributed by atoms with Crippen LogP contribution in [0.1, 0.15) is 23.7 Å². The summed E-state index contributed by atoms with van der Waals surface area (Å²) in [4.78, 5) is 4.66. The van der Waals surface area contributed by atoms with Gasteiger partial charge in [-0.2, -0.15) is 5.10 Å². The molecule has 1 aromatic carbocycles. The van der Waals surface area contributed by atoms with Crippen LogP contribution in [-0.4, -0.2) is 26.4 Å². The Labute approximate surface area is 128 Å². The summed E-state index contributed by atoms with van der Waals surface area (Å²) in [6.45, 7) is 2.61. The van der Waals surface area contributed by atoms with E-state index in [0.717, 1.165) is 28.2 Å². The third-order valence-corrected chi connectivity index (χ3v) is 3.64. The Kier molecular flexibility index (Phi) is 3.59. The molecule has 0 spiro atoms. The number of hydrogen-bond donors (Lipinski definition) is 0. The zero-order valence-electron chi connectivity index (χ0n) is 12.2. The maximum Gasteiger partial charge on any atom is 0.146 e. The van der Waals surface area contributed by atoms with Gasteiger partial charge in [-0.3, -0.25) is 4.68 Å². The van der Waals surface area contributed by atoms with Crippen molar-refractivity contribution < 1.29 is 4.74 Å². The number of alkyl halides is 1. The molecule has 0 aliphatic heterocycles. The predicted octanol–water partition coefficient (Wildman–Crippen LogP) is 3.13. The van der Waals surface area contributed by atoms with Crippen LogP contribution < -0.4 is 4.74 Å². The molecule has 110 valence electrons. The molecule has 1 atom stereocenters. The van der Waals surface area contributed by atoms with E-state index in [9.17, 15) is 0 Å². The van der Waals surface area contributed by atoms with Crippen LogP contribution in [0.5, 0.6) is 5.75 Å². The number of hydrogen-bond acceptors (Lipinski definition) is 3. The predicted molar refractivity (Wildman–Crippen MR) is 82.9 cm³/mol. The van der Waals surface area contributed by atoms with Gasteiger partial charge in [0.25, 0.3) is 0 Å². The van der Waals surface area contributed by atoms with Crippen molar-refractivity contribution in [3.8, 4) is 5.75 Å². The van der Waals surface area contributed by atoms with Gasteiger partial charge in [-0.1, -0.05) is 6.07 Å². The van der Waals surface area contributed by atoms with E-state index < -0.39 is 0 Å². The largest absolute Gasteiger partial charge is 0.494 e. The van der Waals surface area contributed by atoms with Crippen molar-refractivity contribution in [3.63, 3.8) is 0 Å².